The molecule has 0 aliphatic heterocycles. The number of nitrogens with zero attached hydrogens (tertiary/aromatic N) is 1. The summed E-state index contributed by atoms with van der Waals surface area (Å²) in [6.45, 7) is 2.86. The molecule has 0 spiro atoms. The second kappa shape index (κ2) is 5.70. The molecule has 0 saturated carbocycles. The number of nitrogens with one attached hydrogen (secondary N) is 1. The van der Waals surface area contributed by atoms with Crippen molar-refractivity contribution in [1.82, 2.24) is 9.71 Å². The summed E-state index contributed by atoms with van der Waals surface area (Å²) in [6, 6.07) is 2.18. The fourth-order valence-corrected chi connectivity index (χ4v) is 3.50. The van der Waals surface area contributed by atoms with Crippen molar-refractivity contribution in [2.45, 2.75) is 35.7 Å². The molecule has 0 aliphatic carbocycles. The number of aromatic nitrogens is 1. The number of rotatable bonds is 6. The average molecular weight is 336 g/mol. The van der Waals surface area contributed by atoms with E-state index in [-0.39, 0.29) is 9.92 Å². The Labute approximate surface area is 123 Å². The van der Waals surface area contributed by atoms with E-state index in [2.05, 4.69) is 9.71 Å². The highest BCUT2D eigenvalue weighted by atomic mass is 32.2. The van der Waals surface area contributed by atoms with Crippen molar-refractivity contribution in [2.24, 2.45) is 0 Å². The quantitative estimate of drug-likeness (QED) is 0.748. The summed E-state index contributed by atoms with van der Waals surface area (Å²) in [6.07, 6.45) is 1.47. The van der Waals surface area contributed by atoms with Gasteiger partial charge in [-0.1, -0.05) is 0 Å². The van der Waals surface area contributed by atoms with Crippen molar-refractivity contribution < 1.29 is 26.7 Å². The fraction of sp³-hybridized carbons (Fsp3) is 0.455. The summed E-state index contributed by atoms with van der Waals surface area (Å²) in [5, 5.41) is 8.48. The van der Waals surface area contributed by atoms with Gasteiger partial charge in [0.05, 0.1) is 6.42 Å². The Morgan fingerprint density at radius 2 is 1.86 bits per heavy atom. The smallest absolute Gasteiger partial charge is 0.305 e. The summed E-state index contributed by atoms with van der Waals surface area (Å²) < 4.78 is 48.9. The maximum Gasteiger partial charge on any atom is 0.305 e. The molecule has 1 heterocycles. The SMILES string of the molecule is CC(C)(CC(=O)O)NS(=O)(=O)c1ccc(S(C)(=O)=O)nc1. The van der Waals surface area contributed by atoms with E-state index >= 15 is 0 Å². The molecule has 1 aromatic heterocycles. The molecular weight excluding hydrogens is 320 g/mol. The molecule has 0 saturated heterocycles. The highest BCUT2D eigenvalue weighted by molar-refractivity contribution is 7.90. The molecule has 0 unspecified atom stereocenters. The van der Waals surface area contributed by atoms with Crippen molar-refractivity contribution in [2.75, 3.05) is 6.26 Å². The monoisotopic (exact) mass is 336 g/mol. The molecule has 0 radical (unpaired) electrons. The molecule has 2 N–H and O–H groups in total. The van der Waals surface area contributed by atoms with Crippen LogP contribution in [0.25, 0.3) is 0 Å². The molecule has 0 bridgehead atoms. The van der Waals surface area contributed by atoms with E-state index in [1.54, 1.807) is 0 Å². The first-order chi connectivity index (χ1) is 9.33. The van der Waals surface area contributed by atoms with Crippen molar-refractivity contribution in [3.05, 3.63) is 18.3 Å². The van der Waals surface area contributed by atoms with Crippen LogP contribution in [0, 0.1) is 0 Å². The normalized spacial score (nSPS) is 13.1. The number of hydrogen-bond donors (Lipinski definition) is 2. The zero-order valence-corrected chi connectivity index (χ0v) is 13.3. The van der Waals surface area contributed by atoms with Crippen LogP contribution in [-0.4, -0.2) is 44.7 Å². The predicted molar refractivity (Wildman–Crippen MR) is 74.0 cm³/mol. The lowest BCUT2D eigenvalue weighted by Gasteiger charge is -2.23. The van der Waals surface area contributed by atoms with Gasteiger partial charge >= 0.3 is 5.97 Å². The van der Waals surface area contributed by atoms with Crippen LogP contribution in [0.4, 0.5) is 0 Å². The van der Waals surface area contributed by atoms with E-state index in [9.17, 15) is 21.6 Å². The molecule has 21 heavy (non-hydrogen) atoms. The van der Waals surface area contributed by atoms with Gasteiger partial charge in [0.2, 0.25) is 10.0 Å². The van der Waals surface area contributed by atoms with Crippen LogP contribution in [0.2, 0.25) is 0 Å². The van der Waals surface area contributed by atoms with Crippen molar-refractivity contribution >= 4 is 25.8 Å². The second-order valence-electron chi connectivity index (χ2n) is 5.16. The maximum absolute atomic E-state index is 12.1. The van der Waals surface area contributed by atoms with Gasteiger partial charge < -0.3 is 5.11 Å². The van der Waals surface area contributed by atoms with Crippen LogP contribution < -0.4 is 4.72 Å². The summed E-state index contributed by atoms with van der Waals surface area (Å²) >= 11 is 0. The zero-order valence-electron chi connectivity index (χ0n) is 11.7. The van der Waals surface area contributed by atoms with E-state index in [1.165, 1.54) is 13.8 Å². The number of aliphatic carboxylic acids is 1. The van der Waals surface area contributed by atoms with Crippen molar-refractivity contribution in [3.8, 4) is 0 Å². The first kappa shape index (κ1) is 17.5. The zero-order chi connectivity index (χ0) is 16.5. The van der Waals surface area contributed by atoms with E-state index in [0.717, 1.165) is 24.6 Å². The minimum absolute atomic E-state index is 0.242. The van der Waals surface area contributed by atoms with Gasteiger partial charge in [-0.3, -0.25) is 4.79 Å². The minimum Gasteiger partial charge on any atom is -0.481 e. The number of carbonyl (C=O) groups is 1. The maximum atomic E-state index is 12.1. The van der Waals surface area contributed by atoms with Crippen LogP contribution in [0.5, 0.6) is 0 Å². The molecular formula is C11H16N2O6S2. The first-order valence-electron chi connectivity index (χ1n) is 5.75. The molecule has 118 valence electrons. The number of carboxylic acid groups (broad SMARTS) is 1. The van der Waals surface area contributed by atoms with Crippen LogP contribution >= 0.6 is 0 Å². The molecule has 0 aromatic carbocycles. The van der Waals surface area contributed by atoms with Gasteiger partial charge in [-0.15, -0.1) is 0 Å². The van der Waals surface area contributed by atoms with Crippen LogP contribution in [0.1, 0.15) is 20.3 Å². The third kappa shape index (κ3) is 5.06. The lowest BCUT2D eigenvalue weighted by molar-refractivity contribution is -0.138. The number of sulfone groups is 1. The Hall–Kier alpha value is -1.52. The summed E-state index contributed by atoms with van der Waals surface area (Å²) in [4.78, 5) is 14.0. The van der Waals surface area contributed by atoms with Gasteiger partial charge in [0, 0.05) is 18.0 Å². The molecule has 10 heteroatoms. The molecule has 8 nitrogen and oxygen atoms in total. The number of sulfonamides is 1. The minimum atomic E-state index is -4.00. The van der Waals surface area contributed by atoms with Gasteiger partial charge in [0.1, 0.15) is 4.90 Å². The lowest BCUT2D eigenvalue weighted by Crippen LogP contribution is -2.44. The summed E-state index contributed by atoms with van der Waals surface area (Å²) in [5.41, 5.74) is -1.19. The Morgan fingerprint density at radius 3 is 2.24 bits per heavy atom. The van der Waals surface area contributed by atoms with Crippen molar-refractivity contribution in [1.29, 1.82) is 0 Å². The van der Waals surface area contributed by atoms with Crippen LogP contribution in [0.15, 0.2) is 28.3 Å². The third-order valence-electron chi connectivity index (χ3n) is 2.40. The van der Waals surface area contributed by atoms with Gasteiger partial charge in [-0.25, -0.2) is 26.5 Å². The highest BCUT2D eigenvalue weighted by Crippen LogP contribution is 2.16. The van der Waals surface area contributed by atoms with Gasteiger partial charge in [-0.05, 0) is 26.0 Å². The molecule has 0 atom stereocenters. The highest BCUT2D eigenvalue weighted by Gasteiger charge is 2.29. The molecule has 0 aliphatic rings. The summed E-state index contributed by atoms with van der Waals surface area (Å²) in [7, 11) is -7.52. The lowest BCUT2D eigenvalue weighted by atomic mass is 10.0. The fourth-order valence-electron chi connectivity index (χ4n) is 1.58. The van der Waals surface area contributed by atoms with Crippen LogP contribution in [-0.2, 0) is 24.7 Å². The molecule has 0 amide bonds. The number of pyridine rings is 1. The van der Waals surface area contributed by atoms with Gasteiger partial charge in [0.25, 0.3) is 0 Å². The largest absolute Gasteiger partial charge is 0.481 e. The van der Waals surface area contributed by atoms with Gasteiger partial charge in [-0.2, -0.15) is 0 Å². The van der Waals surface area contributed by atoms with E-state index in [0.29, 0.717) is 0 Å². The average Bonchev–Trinajstić information content (AvgIpc) is 2.24. The van der Waals surface area contributed by atoms with E-state index in [1.807, 2.05) is 0 Å². The Balaban J connectivity index is 3.07. The number of hydrogen-bond acceptors (Lipinski definition) is 6. The van der Waals surface area contributed by atoms with Crippen LogP contribution in [0.3, 0.4) is 0 Å². The molecule has 1 rings (SSSR count). The second-order valence-corrected chi connectivity index (χ2v) is 8.81. The predicted octanol–water partition coefficient (Wildman–Crippen LogP) is 0.0167. The number of carboxylic acids is 1. The Kier molecular flexibility index (Phi) is 4.76. The van der Waals surface area contributed by atoms with E-state index in [4.69, 9.17) is 5.11 Å². The molecule has 0 fully saturated rings. The third-order valence-corrected chi connectivity index (χ3v) is 5.09. The van der Waals surface area contributed by atoms with Gasteiger partial charge in [0.15, 0.2) is 14.9 Å². The van der Waals surface area contributed by atoms with Crippen molar-refractivity contribution in [3.63, 3.8) is 0 Å². The first-order valence-corrected chi connectivity index (χ1v) is 9.13. The Bertz CT molecular complexity index is 735. The Morgan fingerprint density at radius 1 is 1.29 bits per heavy atom. The standard InChI is InChI=1S/C11H16N2O6S2/c1-11(2,6-10(14)15)13-21(18,19)8-4-5-9(12-7-8)20(3,16)17/h4-5,7,13H,6H2,1-3H3,(H,14,15). The molecule has 1 aromatic rings. The van der Waals surface area contributed by atoms with E-state index < -0.39 is 37.8 Å². The topological polar surface area (TPSA) is 130 Å². The summed E-state index contributed by atoms with van der Waals surface area (Å²) in [5.74, 6) is -1.15.